The Bertz CT molecular complexity index is 1780. The molecule has 2 saturated carbocycles. The van der Waals surface area contributed by atoms with Crippen molar-refractivity contribution >= 4 is 46.0 Å². The van der Waals surface area contributed by atoms with Crippen LogP contribution in [0.4, 0.5) is 22.8 Å². The minimum absolute atomic E-state index is 0.0228. The second kappa shape index (κ2) is 14.4. The number of allylic oxidation sites excluding steroid dienone is 1. The molecule has 0 unspecified atom stereocenters. The molecule has 1 saturated heterocycles. The Kier molecular flexibility index (Phi) is 10.3. The molecular formula is C34H40F3N5O9S. The highest BCUT2D eigenvalue weighted by atomic mass is 32.2. The lowest BCUT2D eigenvalue weighted by Crippen LogP contribution is -2.58. The number of rotatable bonds is 7. The number of benzene rings is 1. The standard InChI is InChI=1S/C34H40F3N5O9S/c1-2-22-16-33(22,30(45)40-52(48,49)24-10-11-24)39-28(43)27-15-23-18-42(27)29(44)26(17-34(35,36)37)38-31(46)50-14-5-3-4-7-20-8-6-9-21-12-13-41(19-25(20)21)32(47)51-23/h2,4,6-9,22-24,26-27H,1,3,5,10-19H2,(H,38,46)(H,39,43)(H,40,45)/b7-4+/t22-,23+,26-,27-,33+/m0/s1. The van der Waals surface area contributed by atoms with E-state index in [-0.39, 0.29) is 26.0 Å². The van der Waals surface area contributed by atoms with Crippen molar-refractivity contribution in [2.45, 2.75) is 93.1 Å². The van der Waals surface area contributed by atoms with Crippen LogP contribution in [0.1, 0.15) is 61.6 Å². The van der Waals surface area contributed by atoms with Gasteiger partial charge in [0.25, 0.3) is 5.91 Å². The minimum Gasteiger partial charge on any atom is -0.450 e. The van der Waals surface area contributed by atoms with E-state index in [1.807, 2.05) is 40.4 Å². The molecule has 3 fully saturated rings. The van der Waals surface area contributed by atoms with Crippen molar-refractivity contribution in [3.8, 4) is 0 Å². The maximum absolute atomic E-state index is 14.0. The first-order valence-corrected chi connectivity index (χ1v) is 18.7. The SMILES string of the molecule is C=C[C@H]1C[C@]1(NC(=O)[C@@H]1C[C@@H]2CN1C(=O)[C@H](CC(F)(F)F)NC(=O)OCCC/C=C/c1cccc3c1CN(CC3)C(=O)O2)C(=O)NS(=O)(=O)C1CC1. The first-order valence-electron chi connectivity index (χ1n) is 17.1. The summed E-state index contributed by atoms with van der Waals surface area (Å²) in [7, 11) is -4.01. The third kappa shape index (κ3) is 8.21. The number of amides is 5. The summed E-state index contributed by atoms with van der Waals surface area (Å²) in [5.74, 6) is -3.98. The summed E-state index contributed by atoms with van der Waals surface area (Å²) in [5.41, 5.74) is 1.06. The highest BCUT2D eigenvalue weighted by Gasteiger charge is 2.62. The van der Waals surface area contributed by atoms with Crippen molar-refractivity contribution < 1.29 is 55.0 Å². The van der Waals surface area contributed by atoms with Gasteiger partial charge in [-0.1, -0.05) is 36.4 Å². The summed E-state index contributed by atoms with van der Waals surface area (Å²) in [6.07, 6.45) is -3.17. The van der Waals surface area contributed by atoms with Gasteiger partial charge < -0.3 is 29.9 Å². The van der Waals surface area contributed by atoms with Crippen molar-refractivity contribution in [2.24, 2.45) is 5.92 Å². The number of alkyl carbamates (subject to hydrolysis) is 1. The van der Waals surface area contributed by atoms with Crippen LogP contribution in [0.25, 0.3) is 6.08 Å². The number of carbonyl (C=O) groups excluding carboxylic acids is 5. The van der Waals surface area contributed by atoms with Gasteiger partial charge >= 0.3 is 18.4 Å². The number of nitrogens with one attached hydrogen (secondary N) is 3. The Morgan fingerprint density at radius 2 is 1.94 bits per heavy atom. The molecule has 18 heteroatoms. The molecule has 1 aromatic carbocycles. The molecule has 3 N–H and O–H groups in total. The highest BCUT2D eigenvalue weighted by Crippen LogP contribution is 2.45. The fourth-order valence-corrected chi connectivity index (χ4v) is 8.29. The van der Waals surface area contributed by atoms with E-state index < -0.39 is 94.0 Å². The fraction of sp³-hybridized carbons (Fsp3) is 0.559. The lowest BCUT2D eigenvalue weighted by molar-refractivity contribution is -0.155. The van der Waals surface area contributed by atoms with Gasteiger partial charge in [-0.25, -0.2) is 18.0 Å². The molecule has 5 atom stereocenters. The molecule has 6 rings (SSSR count). The first kappa shape index (κ1) is 37.2. The van der Waals surface area contributed by atoms with Gasteiger partial charge in [0.1, 0.15) is 23.7 Å². The normalized spacial score (nSPS) is 28.9. The lowest BCUT2D eigenvalue weighted by Gasteiger charge is -2.30. The van der Waals surface area contributed by atoms with Crippen molar-refractivity contribution in [1.82, 2.24) is 25.2 Å². The molecule has 5 amide bonds. The molecule has 0 radical (unpaired) electrons. The van der Waals surface area contributed by atoms with Crippen molar-refractivity contribution in [1.29, 1.82) is 0 Å². The highest BCUT2D eigenvalue weighted by molar-refractivity contribution is 7.91. The van der Waals surface area contributed by atoms with Crippen LogP contribution >= 0.6 is 0 Å². The van der Waals surface area contributed by atoms with Crippen molar-refractivity contribution in [3.05, 3.63) is 53.6 Å². The van der Waals surface area contributed by atoms with Gasteiger partial charge in [-0.05, 0) is 55.2 Å². The van der Waals surface area contributed by atoms with E-state index in [0.717, 1.165) is 21.6 Å². The Morgan fingerprint density at radius 3 is 2.63 bits per heavy atom. The van der Waals surface area contributed by atoms with Gasteiger partial charge in [0.15, 0.2) is 0 Å². The third-order valence-corrected chi connectivity index (χ3v) is 11.8. The molecule has 52 heavy (non-hydrogen) atoms. The number of fused-ring (bicyclic) bond motifs is 3. The predicted octanol–water partition coefficient (Wildman–Crippen LogP) is 2.67. The summed E-state index contributed by atoms with van der Waals surface area (Å²) >= 11 is 0. The molecule has 3 aliphatic heterocycles. The Hall–Kier alpha value is -4.61. The number of ether oxygens (including phenoxy) is 2. The lowest BCUT2D eigenvalue weighted by atomic mass is 9.94. The molecular weight excluding hydrogens is 711 g/mol. The van der Waals surface area contributed by atoms with E-state index in [9.17, 15) is 45.6 Å². The largest absolute Gasteiger partial charge is 0.450 e. The number of cyclic esters (lactones) is 1. The van der Waals surface area contributed by atoms with Crippen LogP contribution in [0.2, 0.25) is 0 Å². The average Bonchev–Trinajstić information content (AvgIpc) is 4.01. The molecule has 0 spiro atoms. The molecule has 4 bridgehead atoms. The van der Waals surface area contributed by atoms with Crippen molar-refractivity contribution in [3.63, 3.8) is 0 Å². The number of hydrogen-bond donors (Lipinski definition) is 3. The van der Waals surface area contributed by atoms with Gasteiger partial charge in [0, 0.05) is 25.4 Å². The summed E-state index contributed by atoms with van der Waals surface area (Å²) in [4.78, 5) is 69.5. The molecule has 2 aliphatic carbocycles. The minimum atomic E-state index is -4.93. The molecule has 5 aliphatic rings. The Morgan fingerprint density at radius 1 is 1.17 bits per heavy atom. The molecule has 1 aromatic rings. The summed E-state index contributed by atoms with van der Waals surface area (Å²) in [6.45, 7) is 3.49. The van der Waals surface area contributed by atoms with Crippen LogP contribution in [0.5, 0.6) is 0 Å². The van der Waals surface area contributed by atoms with Crippen LogP contribution in [0, 0.1) is 5.92 Å². The topological polar surface area (TPSA) is 181 Å². The summed E-state index contributed by atoms with van der Waals surface area (Å²) in [6, 6.07) is 1.98. The van der Waals surface area contributed by atoms with E-state index in [0.29, 0.717) is 38.6 Å². The second-order valence-electron chi connectivity index (χ2n) is 13.8. The molecule has 14 nitrogen and oxygen atoms in total. The number of hydrogen-bond acceptors (Lipinski definition) is 9. The van der Waals surface area contributed by atoms with Crippen LogP contribution < -0.4 is 15.4 Å². The van der Waals surface area contributed by atoms with Crippen LogP contribution in [0.15, 0.2) is 36.9 Å². The third-order valence-electron chi connectivity index (χ3n) is 10.0. The van der Waals surface area contributed by atoms with Crippen molar-refractivity contribution in [2.75, 3.05) is 19.7 Å². The maximum Gasteiger partial charge on any atom is 0.410 e. The van der Waals surface area contributed by atoms with Gasteiger partial charge in [0.2, 0.25) is 21.8 Å². The van der Waals surface area contributed by atoms with Crippen LogP contribution in [-0.2, 0) is 46.8 Å². The maximum atomic E-state index is 14.0. The van der Waals surface area contributed by atoms with Gasteiger partial charge in [-0.2, -0.15) is 13.2 Å². The smallest absolute Gasteiger partial charge is 0.410 e. The van der Waals surface area contributed by atoms with Crippen LogP contribution in [0.3, 0.4) is 0 Å². The zero-order chi connectivity index (χ0) is 37.4. The Labute approximate surface area is 298 Å². The van der Waals surface area contributed by atoms with E-state index in [2.05, 4.69) is 11.9 Å². The quantitative estimate of drug-likeness (QED) is 0.353. The van der Waals surface area contributed by atoms with E-state index in [1.54, 1.807) is 0 Å². The van der Waals surface area contributed by atoms with E-state index in [1.165, 1.54) is 11.0 Å². The predicted molar refractivity (Wildman–Crippen MR) is 177 cm³/mol. The number of sulfonamides is 1. The molecule has 282 valence electrons. The second-order valence-corrected chi connectivity index (χ2v) is 15.7. The van der Waals surface area contributed by atoms with Gasteiger partial charge in [0.05, 0.1) is 24.8 Å². The number of halogens is 3. The fourth-order valence-electron chi connectivity index (χ4n) is 6.92. The molecule has 3 heterocycles. The average molecular weight is 752 g/mol. The Balaban J connectivity index is 1.28. The number of carbonyl (C=O) groups is 5. The monoisotopic (exact) mass is 751 g/mol. The van der Waals surface area contributed by atoms with E-state index >= 15 is 0 Å². The van der Waals surface area contributed by atoms with Crippen LogP contribution in [-0.4, -0.2) is 103 Å². The molecule has 0 aromatic heterocycles. The summed E-state index contributed by atoms with van der Waals surface area (Å²) in [5, 5.41) is 3.76. The van der Waals surface area contributed by atoms with Gasteiger partial charge in [-0.15, -0.1) is 6.58 Å². The number of nitrogens with zero attached hydrogens (tertiary/aromatic N) is 2. The van der Waals surface area contributed by atoms with Gasteiger partial charge in [-0.3, -0.25) is 19.1 Å². The first-order chi connectivity index (χ1) is 24.6. The van der Waals surface area contributed by atoms with E-state index in [4.69, 9.17) is 9.47 Å². The number of alkyl halides is 3. The zero-order valence-electron chi connectivity index (χ0n) is 28.2. The zero-order valence-corrected chi connectivity index (χ0v) is 29.0. The summed E-state index contributed by atoms with van der Waals surface area (Å²) < 4.78 is 79.3.